The molecule has 1 heterocycles. The van der Waals surface area contributed by atoms with E-state index in [1.165, 1.54) is 38.5 Å². The zero-order valence-electron chi connectivity index (χ0n) is 9.93. The van der Waals surface area contributed by atoms with E-state index in [9.17, 15) is 4.79 Å². The predicted molar refractivity (Wildman–Crippen MR) is 63.1 cm³/mol. The molecule has 3 heteroatoms. The fourth-order valence-corrected chi connectivity index (χ4v) is 3.54. The molecule has 0 radical (unpaired) electrons. The van der Waals surface area contributed by atoms with Crippen LogP contribution in [0, 0.1) is 5.41 Å². The Bertz CT molecular complexity index is 278. The van der Waals surface area contributed by atoms with E-state index in [2.05, 4.69) is 10.6 Å². The molecule has 0 aromatic rings. The van der Waals surface area contributed by atoms with Crippen molar-refractivity contribution in [1.29, 1.82) is 0 Å². The van der Waals surface area contributed by atoms with Crippen LogP contribution in [0.2, 0.25) is 0 Å². The Morgan fingerprint density at radius 2 is 2.00 bits per heavy atom. The fourth-order valence-electron chi connectivity index (χ4n) is 3.54. The molecule has 2 aliphatic carbocycles. The third-order valence-corrected chi connectivity index (χ3v) is 4.73. The summed E-state index contributed by atoms with van der Waals surface area (Å²) in [6.45, 7) is 1.01. The summed E-state index contributed by atoms with van der Waals surface area (Å²) in [7, 11) is 0. The number of nitrogens with one attached hydrogen (secondary N) is 2. The summed E-state index contributed by atoms with van der Waals surface area (Å²) in [5, 5.41) is 6.52. The minimum Gasteiger partial charge on any atom is -0.351 e. The lowest BCUT2D eigenvalue weighted by atomic mass is 9.86. The van der Waals surface area contributed by atoms with Crippen LogP contribution in [0.15, 0.2) is 0 Å². The van der Waals surface area contributed by atoms with Gasteiger partial charge in [-0.2, -0.15) is 0 Å². The second kappa shape index (κ2) is 4.02. The molecule has 2 saturated carbocycles. The first-order valence-electron chi connectivity index (χ1n) is 6.84. The highest BCUT2D eigenvalue weighted by atomic mass is 16.2. The Morgan fingerprint density at radius 3 is 2.69 bits per heavy atom. The Balaban J connectivity index is 1.51. The van der Waals surface area contributed by atoms with Crippen molar-refractivity contribution in [3.8, 4) is 0 Å². The van der Waals surface area contributed by atoms with Crippen molar-refractivity contribution in [3.63, 3.8) is 0 Å². The fraction of sp³-hybridized carbons (Fsp3) is 0.923. The zero-order chi connectivity index (χ0) is 11.0. The summed E-state index contributed by atoms with van der Waals surface area (Å²) in [5.74, 6) is 0.255. The predicted octanol–water partition coefficient (Wildman–Crippen LogP) is 1.58. The average Bonchev–Trinajstić information content (AvgIpc) is 2.78. The molecule has 3 rings (SSSR count). The van der Waals surface area contributed by atoms with Crippen molar-refractivity contribution < 1.29 is 4.79 Å². The van der Waals surface area contributed by atoms with E-state index in [0.717, 1.165) is 19.4 Å². The third-order valence-electron chi connectivity index (χ3n) is 4.73. The molecular weight excluding hydrogens is 200 g/mol. The highest BCUT2D eigenvalue weighted by molar-refractivity contribution is 5.82. The Labute approximate surface area is 97.4 Å². The van der Waals surface area contributed by atoms with Gasteiger partial charge in [-0.05, 0) is 44.1 Å². The number of amides is 1. The van der Waals surface area contributed by atoms with Crippen molar-refractivity contribution in [1.82, 2.24) is 10.6 Å². The number of carbonyl (C=O) groups is 1. The van der Waals surface area contributed by atoms with Crippen LogP contribution in [0.1, 0.15) is 51.4 Å². The minimum atomic E-state index is 0.0984. The van der Waals surface area contributed by atoms with E-state index in [4.69, 9.17) is 0 Å². The number of rotatable bonds is 2. The molecule has 1 saturated heterocycles. The van der Waals surface area contributed by atoms with Gasteiger partial charge in [0.05, 0.1) is 6.04 Å². The van der Waals surface area contributed by atoms with E-state index in [1.807, 2.05) is 0 Å². The van der Waals surface area contributed by atoms with Gasteiger partial charge >= 0.3 is 0 Å². The molecular formula is C13H22N2O. The van der Waals surface area contributed by atoms with Crippen LogP contribution in [0.5, 0.6) is 0 Å². The van der Waals surface area contributed by atoms with Crippen LogP contribution in [0.3, 0.4) is 0 Å². The second-order valence-electron chi connectivity index (χ2n) is 5.84. The van der Waals surface area contributed by atoms with Crippen molar-refractivity contribution in [2.45, 2.75) is 63.5 Å². The lowest BCUT2D eigenvalue weighted by Crippen LogP contribution is -2.42. The van der Waals surface area contributed by atoms with Crippen LogP contribution < -0.4 is 10.6 Å². The summed E-state index contributed by atoms with van der Waals surface area (Å²) >= 11 is 0. The second-order valence-corrected chi connectivity index (χ2v) is 5.84. The van der Waals surface area contributed by atoms with Gasteiger partial charge in [0, 0.05) is 6.04 Å². The third kappa shape index (κ3) is 1.86. The molecule has 1 spiro atoms. The molecule has 2 unspecified atom stereocenters. The Kier molecular flexibility index (Phi) is 2.66. The van der Waals surface area contributed by atoms with E-state index in [0.29, 0.717) is 11.5 Å². The zero-order valence-corrected chi connectivity index (χ0v) is 9.93. The first kappa shape index (κ1) is 10.6. The van der Waals surface area contributed by atoms with Gasteiger partial charge in [0.1, 0.15) is 0 Å². The van der Waals surface area contributed by atoms with E-state index < -0.39 is 0 Å². The van der Waals surface area contributed by atoms with Crippen molar-refractivity contribution >= 4 is 5.91 Å². The first-order chi connectivity index (χ1) is 7.80. The van der Waals surface area contributed by atoms with Gasteiger partial charge in [0.2, 0.25) is 5.91 Å². The van der Waals surface area contributed by atoms with Gasteiger partial charge in [-0.3, -0.25) is 4.79 Å². The molecule has 1 aliphatic heterocycles. The number of hydrogen-bond donors (Lipinski definition) is 2. The van der Waals surface area contributed by atoms with E-state index >= 15 is 0 Å². The van der Waals surface area contributed by atoms with Crippen LogP contribution >= 0.6 is 0 Å². The highest BCUT2D eigenvalue weighted by Gasteiger charge is 2.54. The first-order valence-corrected chi connectivity index (χ1v) is 6.84. The quantitative estimate of drug-likeness (QED) is 0.745. The molecule has 0 aromatic heterocycles. The summed E-state index contributed by atoms with van der Waals surface area (Å²) in [5.41, 5.74) is 0.520. The maximum absolute atomic E-state index is 11.9. The van der Waals surface area contributed by atoms with Gasteiger partial charge in [0.15, 0.2) is 0 Å². The SMILES string of the molecule is O=C(NC1CC12CCCCC2)C1CCCN1. The molecule has 2 N–H and O–H groups in total. The summed E-state index contributed by atoms with van der Waals surface area (Å²) in [4.78, 5) is 11.9. The van der Waals surface area contributed by atoms with Gasteiger partial charge < -0.3 is 10.6 Å². The lowest BCUT2D eigenvalue weighted by Gasteiger charge is -2.23. The van der Waals surface area contributed by atoms with Crippen molar-refractivity contribution in [2.75, 3.05) is 6.54 Å². The van der Waals surface area contributed by atoms with Gasteiger partial charge in [0.25, 0.3) is 0 Å². The Morgan fingerprint density at radius 1 is 1.19 bits per heavy atom. The summed E-state index contributed by atoms with van der Waals surface area (Å²) in [6, 6.07) is 0.601. The van der Waals surface area contributed by atoms with Crippen LogP contribution in [-0.2, 0) is 4.79 Å². The van der Waals surface area contributed by atoms with Gasteiger partial charge in [-0.1, -0.05) is 19.3 Å². The molecule has 0 aromatic carbocycles. The molecule has 1 amide bonds. The number of hydrogen-bond acceptors (Lipinski definition) is 2. The van der Waals surface area contributed by atoms with Gasteiger partial charge in [-0.15, -0.1) is 0 Å². The van der Waals surface area contributed by atoms with Crippen LogP contribution in [0.25, 0.3) is 0 Å². The molecule has 16 heavy (non-hydrogen) atoms. The molecule has 3 nitrogen and oxygen atoms in total. The molecule has 3 fully saturated rings. The maximum Gasteiger partial charge on any atom is 0.237 e. The lowest BCUT2D eigenvalue weighted by molar-refractivity contribution is -0.123. The number of carbonyl (C=O) groups excluding carboxylic acids is 1. The van der Waals surface area contributed by atoms with Crippen molar-refractivity contribution in [2.24, 2.45) is 5.41 Å². The molecule has 3 aliphatic rings. The normalized spacial score (nSPS) is 36.2. The average molecular weight is 222 g/mol. The molecule has 90 valence electrons. The molecule has 2 atom stereocenters. The topological polar surface area (TPSA) is 41.1 Å². The minimum absolute atomic E-state index is 0.0984. The van der Waals surface area contributed by atoms with E-state index in [1.54, 1.807) is 0 Å². The van der Waals surface area contributed by atoms with Crippen molar-refractivity contribution in [3.05, 3.63) is 0 Å². The highest BCUT2D eigenvalue weighted by Crippen LogP contribution is 2.56. The van der Waals surface area contributed by atoms with Gasteiger partial charge in [-0.25, -0.2) is 0 Å². The van der Waals surface area contributed by atoms with Crippen LogP contribution in [-0.4, -0.2) is 24.5 Å². The van der Waals surface area contributed by atoms with Crippen LogP contribution in [0.4, 0.5) is 0 Å². The maximum atomic E-state index is 11.9. The Hall–Kier alpha value is -0.570. The summed E-state index contributed by atoms with van der Waals surface area (Å²) < 4.78 is 0. The summed E-state index contributed by atoms with van der Waals surface area (Å²) in [6.07, 6.45) is 10.2. The molecule has 0 bridgehead atoms. The monoisotopic (exact) mass is 222 g/mol. The standard InChI is InChI=1S/C13H22N2O/c16-12(10-5-4-8-14-10)15-11-9-13(11)6-2-1-3-7-13/h10-11,14H,1-9H2,(H,15,16). The smallest absolute Gasteiger partial charge is 0.237 e. The van der Waals surface area contributed by atoms with E-state index in [-0.39, 0.29) is 11.9 Å². The largest absolute Gasteiger partial charge is 0.351 e.